The number of allylic oxidation sites excluding steroid dienone is 4. The van der Waals surface area contributed by atoms with Gasteiger partial charge in [-0.05, 0) is 119 Å². The first-order chi connectivity index (χ1) is 27.9. The first-order valence-corrected chi connectivity index (χ1v) is 20.2. The Morgan fingerprint density at radius 2 is 1.11 bits per heavy atom. The van der Waals surface area contributed by atoms with E-state index in [1.54, 1.807) is 0 Å². The number of aromatic nitrogens is 1. The minimum atomic E-state index is -0.0368. The van der Waals surface area contributed by atoms with Crippen molar-refractivity contribution in [2.45, 2.75) is 40.2 Å². The van der Waals surface area contributed by atoms with Crippen molar-refractivity contribution in [3.8, 4) is 27.9 Å². The first-order valence-electron chi connectivity index (χ1n) is 20.2. The fourth-order valence-electron chi connectivity index (χ4n) is 9.44. The lowest BCUT2D eigenvalue weighted by Crippen LogP contribution is -2.33. The van der Waals surface area contributed by atoms with Crippen LogP contribution >= 0.6 is 0 Å². The van der Waals surface area contributed by atoms with Crippen LogP contribution in [0, 0.1) is 12.3 Å². The highest BCUT2D eigenvalue weighted by Crippen LogP contribution is 2.54. The maximum absolute atomic E-state index is 2.55. The van der Waals surface area contributed by atoms with E-state index in [0.29, 0.717) is 0 Å². The number of rotatable bonds is 7. The molecule has 1 unspecified atom stereocenters. The molecule has 0 saturated heterocycles. The molecule has 0 fully saturated rings. The van der Waals surface area contributed by atoms with E-state index in [-0.39, 0.29) is 11.5 Å². The zero-order chi connectivity index (χ0) is 38.7. The van der Waals surface area contributed by atoms with Gasteiger partial charge >= 0.3 is 0 Å². The summed E-state index contributed by atoms with van der Waals surface area (Å²) in [5, 5.41) is 2.53. The van der Waals surface area contributed by atoms with Gasteiger partial charge in [-0.25, -0.2) is 0 Å². The molecule has 276 valence electrons. The molecular weight excluding hydrogens is 689 g/mol. The lowest BCUT2D eigenvalue weighted by molar-refractivity contribution is 0.511. The van der Waals surface area contributed by atoms with Crippen LogP contribution in [-0.4, -0.2) is 10.6 Å². The zero-order valence-electron chi connectivity index (χ0n) is 33.1. The van der Waals surface area contributed by atoms with E-state index < -0.39 is 0 Å². The van der Waals surface area contributed by atoms with E-state index in [2.05, 4.69) is 225 Å². The Hall–Kier alpha value is -6.64. The smallest absolute Gasteiger partial charge is 0.0563 e. The second-order valence-electron chi connectivity index (χ2n) is 16.2. The van der Waals surface area contributed by atoms with Gasteiger partial charge in [0, 0.05) is 33.2 Å². The van der Waals surface area contributed by atoms with Crippen molar-refractivity contribution in [2.24, 2.45) is 5.41 Å². The van der Waals surface area contributed by atoms with Crippen molar-refractivity contribution < 1.29 is 0 Å². The number of hydrogen-bond acceptors (Lipinski definition) is 1. The molecule has 0 saturated carbocycles. The SMILES string of the molecule is CC1=C(c2ccccc2C)C2=C(CC(N(c3ccc(-c4ccccc4)cc3)c3ccc(-c4ccc5c(c4)c4ccccc4n5-c4ccccc4)cc3)C=C2)C1(C)C. The molecule has 2 nitrogen and oxygen atoms in total. The molecule has 1 aromatic heterocycles. The fraction of sp³-hybridized carbons (Fsp3) is 0.127. The third-order valence-corrected chi connectivity index (χ3v) is 12.7. The average Bonchev–Trinajstić information content (AvgIpc) is 3.69. The maximum Gasteiger partial charge on any atom is 0.0563 e. The molecule has 0 aliphatic heterocycles. The van der Waals surface area contributed by atoms with Crippen LogP contribution in [0.25, 0.3) is 55.3 Å². The van der Waals surface area contributed by atoms with Gasteiger partial charge in [-0.2, -0.15) is 0 Å². The van der Waals surface area contributed by atoms with Gasteiger partial charge in [-0.3, -0.25) is 0 Å². The van der Waals surface area contributed by atoms with Gasteiger partial charge in [0.1, 0.15) is 0 Å². The summed E-state index contributed by atoms with van der Waals surface area (Å²) in [5.41, 5.74) is 19.3. The van der Waals surface area contributed by atoms with Crippen molar-refractivity contribution in [3.05, 3.63) is 216 Å². The molecular formula is C55H46N2. The van der Waals surface area contributed by atoms with Crippen LogP contribution < -0.4 is 4.90 Å². The Labute approximate surface area is 336 Å². The van der Waals surface area contributed by atoms with Crippen LogP contribution in [0.1, 0.15) is 38.3 Å². The average molecular weight is 735 g/mol. The highest BCUT2D eigenvalue weighted by atomic mass is 15.2. The molecule has 10 rings (SSSR count). The van der Waals surface area contributed by atoms with Gasteiger partial charge in [0.05, 0.1) is 17.1 Å². The summed E-state index contributed by atoms with van der Waals surface area (Å²) in [4.78, 5) is 2.55. The van der Waals surface area contributed by atoms with E-state index in [1.165, 1.54) is 94.5 Å². The van der Waals surface area contributed by atoms with Crippen molar-refractivity contribution in [1.82, 2.24) is 4.57 Å². The predicted octanol–water partition coefficient (Wildman–Crippen LogP) is 14.7. The van der Waals surface area contributed by atoms with E-state index in [0.717, 1.165) is 6.42 Å². The number of fused-ring (bicyclic) bond motifs is 3. The third-order valence-electron chi connectivity index (χ3n) is 12.7. The van der Waals surface area contributed by atoms with Gasteiger partial charge in [0.2, 0.25) is 0 Å². The third kappa shape index (κ3) is 5.87. The number of para-hydroxylation sites is 2. The van der Waals surface area contributed by atoms with Crippen LogP contribution in [0.3, 0.4) is 0 Å². The second kappa shape index (κ2) is 13.8. The number of aryl methyl sites for hydroxylation is 1. The van der Waals surface area contributed by atoms with Gasteiger partial charge in [0.25, 0.3) is 0 Å². The Bertz CT molecular complexity index is 2880. The van der Waals surface area contributed by atoms with Gasteiger partial charge < -0.3 is 9.47 Å². The molecule has 2 aliphatic rings. The van der Waals surface area contributed by atoms with Crippen molar-refractivity contribution in [3.63, 3.8) is 0 Å². The van der Waals surface area contributed by atoms with Crippen LogP contribution in [0.5, 0.6) is 0 Å². The van der Waals surface area contributed by atoms with Crippen molar-refractivity contribution in [1.29, 1.82) is 0 Å². The summed E-state index contributed by atoms with van der Waals surface area (Å²) < 4.78 is 2.38. The normalized spacial score (nSPS) is 16.1. The number of hydrogen-bond donors (Lipinski definition) is 0. The summed E-state index contributed by atoms with van der Waals surface area (Å²) >= 11 is 0. The number of anilines is 2. The molecule has 1 heterocycles. The van der Waals surface area contributed by atoms with Crippen LogP contribution in [-0.2, 0) is 0 Å². The highest BCUT2D eigenvalue weighted by Gasteiger charge is 2.40. The van der Waals surface area contributed by atoms with Crippen LogP contribution in [0.4, 0.5) is 11.4 Å². The molecule has 8 aromatic rings. The topological polar surface area (TPSA) is 8.17 Å². The van der Waals surface area contributed by atoms with E-state index in [9.17, 15) is 0 Å². The Morgan fingerprint density at radius 1 is 0.544 bits per heavy atom. The number of benzene rings is 7. The molecule has 0 spiro atoms. The monoisotopic (exact) mass is 734 g/mol. The van der Waals surface area contributed by atoms with E-state index in [4.69, 9.17) is 0 Å². The molecule has 0 radical (unpaired) electrons. The summed E-state index contributed by atoms with van der Waals surface area (Å²) in [6.45, 7) is 9.42. The molecule has 0 N–H and O–H groups in total. The predicted molar refractivity (Wildman–Crippen MR) is 242 cm³/mol. The Morgan fingerprint density at radius 3 is 1.81 bits per heavy atom. The summed E-state index contributed by atoms with van der Waals surface area (Å²) in [5.74, 6) is 0. The number of nitrogens with zero attached hydrogens (tertiary/aromatic N) is 2. The van der Waals surface area contributed by atoms with Gasteiger partial charge in [0.15, 0.2) is 0 Å². The Kier molecular flexibility index (Phi) is 8.45. The molecule has 1 atom stereocenters. The van der Waals surface area contributed by atoms with Crippen molar-refractivity contribution >= 4 is 38.8 Å². The second-order valence-corrected chi connectivity index (χ2v) is 16.2. The molecule has 0 bridgehead atoms. The molecule has 0 amide bonds. The first kappa shape index (κ1) is 34.8. The Balaban J connectivity index is 1.03. The molecule has 7 aromatic carbocycles. The lowest BCUT2D eigenvalue weighted by Gasteiger charge is -2.37. The summed E-state index contributed by atoms with van der Waals surface area (Å²) in [7, 11) is 0. The van der Waals surface area contributed by atoms with Gasteiger partial charge in [-0.1, -0.05) is 158 Å². The minimum absolute atomic E-state index is 0.0368. The largest absolute Gasteiger partial charge is 0.334 e. The zero-order valence-corrected chi connectivity index (χ0v) is 33.1. The minimum Gasteiger partial charge on any atom is -0.334 e. The van der Waals surface area contributed by atoms with Crippen LogP contribution in [0.2, 0.25) is 0 Å². The summed E-state index contributed by atoms with van der Waals surface area (Å²) in [6.07, 6.45) is 5.82. The molecule has 2 heteroatoms. The van der Waals surface area contributed by atoms with Crippen molar-refractivity contribution in [2.75, 3.05) is 4.90 Å². The fourth-order valence-corrected chi connectivity index (χ4v) is 9.44. The molecule has 2 aliphatic carbocycles. The summed E-state index contributed by atoms with van der Waals surface area (Å²) in [6, 6.07) is 64.4. The van der Waals surface area contributed by atoms with Gasteiger partial charge in [-0.15, -0.1) is 0 Å². The standard InChI is InChI=1S/C55H46N2/c1-37-15-11-12-20-47(37)54-38(2)55(3,4)51-36-46(32-33-49(51)54)56(44-28-23-40(24-29-44)39-16-7-5-8-17-39)45-30-25-41(26-31-45)42-27-34-53-50(35-42)48-21-13-14-22-52(48)57(53)43-18-9-6-10-19-43/h5-35,46H,36H2,1-4H3. The lowest BCUT2D eigenvalue weighted by atomic mass is 9.76. The molecule has 57 heavy (non-hydrogen) atoms. The quantitative estimate of drug-likeness (QED) is 0.158. The van der Waals surface area contributed by atoms with E-state index >= 15 is 0 Å². The van der Waals surface area contributed by atoms with E-state index in [1.807, 2.05) is 0 Å². The maximum atomic E-state index is 2.55. The van der Waals surface area contributed by atoms with Crippen LogP contribution in [0.15, 0.2) is 205 Å². The highest BCUT2D eigenvalue weighted by molar-refractivity contribution is 6.10.